The highest BCUT2D eigenvalue weighted by molar-refractivity contribution is 5.17. The molecule has 0 aliphatic heterocycles. The molecule has 4 heteroatoms. The molecule has 10 heavy (non-hydrogen) atoms. The molecule has 1 rings (SSSR count). The number of nitrogens with two attached hydrogens (primary N) is 1. The molecule has 0 aromatic carbocycles. The summed E-state index contributed by atoms with van der Waals surface area (Å²) in [6.45, 7) is 0.0934. The van der Waals surface area contributed by atoms with Gasteiger partial charge >= 0.3 is 0 Å². The molecule has 0 aliphatic rings. The fourth-order valence-corrected chi connectivity index (χ4v) is 0.707. The van der Waals surface area contributed by atoms with Gasteiger partial charge in [-0.3, -0.25) is 0 Å². The predicted molar refractivity (Wildman–Crippen MR) is 31.6 cm³/mol. The largest absolute Gasteiger partial charge is 0.463 e. The molecule has 0 aliphatic carbocycles. The van der Waals surface area contributed by atoms with Crippen LogP contribution in [0.2, 0.25) is 0 Å². The Labute approximate surface area is 56.6 Å². The number of halogens is 2. The van der Waals surface area contributed by atoms with E-state index in [1.54, 1.807) is 0 Å². The second kappa shape index (κ2) is 2.79. The van der Waals surface area contributed by atoms with Gasteiger partial charge in [0.05, 0.1) is 6.26 Å². The van der Waals surface area contributed by atoms with Gasteiger partial charge in [-0.2, -0.15) is 0 Å². The van der Waals surface area contributed by atoms with Crippen molar-refractivity contribution in [2.24, 2.45) is 5.73 Å². The molecule has 0 spiro atoms. The Morgan fingerprint density at radius 3 is 2.70 bits per heavy atom. The number of furan rings is 1. The fourth-order valence-electron chi connectivity index (χ4n) is 0.707. The minimum atomic E-state index is -2.56. The number of rotatable bonds is 2. The van der Waals surface area contributed by atoms with Gasteiger partial charge < -0.3 is 10.2 Å². The van der Waals surface area contributed by atoms with Gasteiger partial charge in [0.25, 0.3) is 6.43 Å². The zero-order valence-corrected chi connectivity index (χ0v) is 5.18. The summed E-state index contributed by atoms with van der Waals surface area (Å²) in [7, 11) is 0. The summed E-state index contributed by atoms with van der Waals surface area (Å²) in [6.07, 6.45) is -1.35. The molecule has 0 bridgehead atoms. The minimum Gasteiger partial charge on any atom is -0.463 e. The van der Waals surface area contributed by atoms with Crippen molar-refractivity contribution in [2.45, 2.75) is 13.0 Å². The molecule has 0 amide bonds. The standard InChI is InChI=1S/C6H7F2NO/c7-6(8)5-4(3-9)1-2-10-5/h1-2,6H,3,9H2. The Bertz CT molecular complexity index is 209. The molecule has 0 radical (unpaired) electrons. The molecule has 2 nitrogen and oxygen atoms in total. The summed E-state index contributed by atoms with van der Waals surface area (Å²) in [4.78, 5) is 0. The van der Waals surface area contributed by atoms with Crippen LogP contribution in [0.25, 0.3) is 0 Å². The lowest BCUT2D eigenvalue weighted by molar-refractivity contribution is 0.120. The van der Waals surface area contributed by atoms with E-state index in [1.807, 2.05) is 0 Å². The lowest BCUT2D eigenvalue weighted by atomic mass is 10.2. The molecule has 1 aromatic rings. The third-order valence-electron chi connectivity index (χ3n) is 1.20. The van der Waals surface area contributed by atoms with Crippen molar-refractivity contribution in [1.29, 1.82) is 0 Å². The quantitative estimate of drug-likeness (QED) is 0.691. The van der Waals surface area contributed by atoms with E-state index in [0.29, 0.717) is 5.56 Å². The Morgan fingerprint density at radius 2 is 2.30 bits per heavy atom. The van der Waals surface area contributed by atoms with Crippen molar-refractivity contribution in [3.63, 3.8) is 0 Å². The summed E-state index contributed by atoms with van der Waals surface area (Å²) < 4.78 is 28.3. The van der Waals surface area contributed by atoms with Crippen molar-refractivity contribution in [3.8, 4) is 0 Å². The van der Waals surface area contributed by atoms with E-state index in [-0.39, 0.29) is 12.3 Å². The van der Waals surface area contributed by atoms with Gasteiger partial charge in [0, 0.05) is 12.1 Å². The third-order valence-corrected chi connectivity index (χ3v) is 1.20. The van der Waals surface area contributed by atoms with Crippen LogP contribution in [0, 0.1) is 0 Å². The molecule has 0 saturated heterocycles. The maximum absolute atomic E-state index is 11.9. The second-order valence-electron chi connectivity index (χ2n) is 1.81. The van der Waals surface area contributed by atoms with Gasteiger partial charge in [-0.1, -0.05) is 0 Å². The highest BCUT2D eigenvalue weighted by atomic mass is 19.3. The highest BCUT2D eigenvalue weighted by Crippen LogP contribution is 2.22. The molecule has 0 atom stereocenters. The van der Waals surface area contributed by atoms with Crippen molar-refractivity contribution in [1.82, 2.24) is 0 Å². The molecule has 1 heterocycles. The molecule has 0 unspecified atom stereocenters. The van der Waals surface area contributed by atoms with Gasteiger partial charge in [-0.25, -0.2) is 8.78 Å². The summed E-state index contributed by atoms with van der Waals surface area (Å²) in [5, 5.41) is 0. The van der Waals surface area contributed by atoms with Gasteiger partial charge in [0.1, 0.15) is 0 Å². The average molecular weight is 147 g/mol. The van der Waals surface area contributed by atoms with Crippen LogP contribution in [0.1, 0.15) is 17.7 Å². The van der Waals surface area contributed by atoms with Gasteiger partial charge in [0.2, 0.25) is 0 Å². The smallest absolute Gasteiger partial charge is 0.295 e. The van der Waals surface area contributed by atoms with Crippen LogP contribution < -0.4 is 5.73 Å². The molecule has 2 N–H and O–H groups in total. The van der Waals surface area contributed by atoms with E-state index < -0.39 is 6.43 Å². The van der Waals surface area contributed by atoms with E-state index in [4.69, 9.17) is 5.73 Å². The van der Waals surface area contributed by atoms with E-state index in [9.17, 15) is 8.78 Å². The molecule has 56 valence electrons. The molecule has 0 fully saturated rings. The van der Waals surface area contributed by atoms with E-state index in [0.717, 1.165) is 0 Å². The lowest BCUT2D eigenvalue weighted by Crippen LogP contribution is -1.98. The average Bonchev–Trinajstić information content (AvgIpc) is 2.33. The first-order valence-corrected chi connectivity index (χ1v) is 2.80. The molecule has 1 aromatic heterocycles. The SMILES string of the molecule is NCc1ccoc1C(F)F. The summed E-state index contributed by atoms with van der Waals surface area (Å²) in [6, 6.07) is 1.45. The minimum absolute atomic E-state index is 0.0934. The van der Waals surface area contributed by atoms with Gasteiger partial charge in [0.15, 0.2) is 5.76 Å². The molecular weight excluding hydrogens is 140 g/mol. The molecular formula is C6H7F2NO. The number of alkyl halides is 2. The first kappa shape index (κ1) is 7.21. The van der Waals surface area contributed by atoms with Gasteiger partial charge in [-0.05, 0) is 6.07 Å². The Morgan fingerprint density at radius 1 is 1.60 bits per heavy atom. The first-order valence-electron chi connectivity index (χ1n) is 2.80. The zero-order chi connectivity index (χ0) is 7.56. The van der Waals surface area contributed by atoms with Crippen LogP contribution in [0.5, 0.6) is 0 Å². The maximum atomic E-state index is 11.9. The monoisotopic (exact) mass is 147 g/mol. The van der Waals surface area contributed by atoms with Crippen molar-refractivity contribution < 1.29 is 13.2 Å². The van der Waals surface area contributed by atoms with Gasteiger partial charge in [-0.15, -0.1) is 0 Å². The van der Waals surface area contributed by atoms with Crippen LogP contribution in [-0.4, -0.2) is 0 Å². The van der Waals surface area contributed by atoms with E-state index >= 15 is 0 Å². The topological polar surface area (TPSA) is 39.2 Å². The Hall–Kier alpha value is -0.900. The predicted octanol–water partition coefficient (Wildman–Crippen LogP) is 1.68. The second-order valence-corrected chi connectivity index (χ2v) is 1.81. The van der Waals surface area contributed by atoms with Crippen LogP contribution in [0.15, 0.2) is 16.7 Å². The zero-order valence-electron chi connectivity index (χ0n) is 5.18. The van der Waals surface area contributed by atoms with Crippen LogP contribution >= 0.6 is 0 Å². The first-order chi connectivity index (χ1) is 4.75. The Kier molecular flexibility index (Phi) is 2.01. The van der Waals surface area contributed by atoms with Crippen molar-refractivity contribution in [2.75, 3.05) is 0 Å². The van der Waals surface area contributed by atoms with Crippen LogP contribution in [0.4, 0.5) is 8.78 Å². The van der Waals surface area contributed by atoms with Crippen molar-refractivity contribution in [3.05, 3.63) is 23.7 Å². The molecule has 0 saturated carbocycles. The number of hydrogen-bond acceptors (Lipinski definition) is 2. The Balaban J connectivity index is 2.90. The van der Waals surface area contributed by atoms with Crippen LogP contribution in [-0.2, 0) is 6.54 Å². The maximum Gasteiger partial charge on any atom is 0.295 e. The van der Waals surface area contributed by atoms with E-state index in [1.165, 1.54) is 12.3 Å². The highest BCUT2D eigenvalue weighted by Gasteiger charge is 2.14. The van der Waals surface area contributed by atoms with E-state index in [2.05, 4.69) is 4.42 Å². The fraction of sp³-hybridized carbons (Fsp3) is 0.333. The normalized spacial score (nSPS) is 10.8. The summed E-state index contributed by atoms with van der Waals surface area (Å²) >= 11 is 0. The lowest BCUT2D eigenvalue weighted by Gasteiger charge is -1.95. The summed E-state index contributed by atoms with van der Waals surface area (Å²) in [5.41, 5.74) is 5.51. The van der Waals surface area contributed by atoms with Crippen LogP contribution in [0.3, 0.4) is 0 Å². The third kappa shape index (κ3) is 1.16. The van der Waals surface area contributed by atoms with Crippen molar-refractivity contribution >= 4 is 0 Å². The summed E-state index contributed by atoms with van der Waals surface area (Å²) in [5.74, 6) is -0.317. The number of hydrogen-bond donors (Lipinski definition) is 1.